The number of methoxy groups -OCH3 is 1. The van der Waals surface area contributed by atoms with E-state index in [9.17, 15) is 0 Å². The quantitative estimate of drug-likeness (QED) is 0.693. The Morgan fingerprint density at radius 1 is 0.966 bits per heavy atom. The highest BCUT2D eigenvalue weighted by Gasteiger charge is 2.19. The van der Waals surface area contributed by atoms with Crippen molar-refractivity contribution in [2.24, 2.45) is 0 Å². The molecule has 0 bridgehead atoms. The fraction of sp³-hybridized carbons (Fsp3) is 0.304. The second-order valence-corrected chi connectivity index (χ2v) is 7.22. The van der Waals surface area contributed by atoms with E-state index in [1.54, 1.807) is 7.11 Å². The molecule has 0 atom stereocenters. The third kappa shape index (κ3) is 4.59. The fourth-order valence-corrected chi connectivity index (χ4v) is 3.65. The zero-order chi connectivity index (χ0) is 20.1. The molecule has 0 amide bonds. The van der Waals surface area contributed by atoms with Gasteiger partial charge < -0.3 is 19.9 Å². The molecule has 1 N–H and O–H groups in total. The number of anilines is 3. The Labute approximate surface area is 172 Å². The van der Waals surface area contributed by atoms with Crippen molar-refractivity contribution in [1.82, 2.24) is 9.97 Å². The van der Waals surface area contributed by atoms with E-state index in [-0.39, 0.29) is 0 Å². The minimum absolute atomic E-state index is 0.620. The Balaban J connectivity index is 1.38. The lowest BCUT2D eigenvalue weighted by Crippen LogP contribution is -2.46. The average molecular weight is 390 g/mol. The number of hydrogen-bond donors (Lipinski definition) is 1. The van der Waals surface area contributed by atoms with Gasteiger partial charge in [0.15, 0.2) is 0 Å². The van der Waals surface area contributed by atoms with Crippen LogP contribution in [-0.2, 0) is 6.54 Å². The van der Waals surface area contributed by atoms with Gasteiger partial charge in [0.25, 0.3) is 0 Å². The highest BCUT2D eigenvalue weighted by molar-refractivity contribution is 5.51. The van der Waals surface area contributed by atoms with Crippen molar-refractivity contribution in [3.8, 4) is 5.75 Å². The van der Waals surface area contributed by atoms with E-state index in [1.807, 2.05) is 36.5 Å². The van der Waals surface area contributed by atoms with E-state index in [0.717, 1.165) is 43.3 Å². The number of para-hydroxylation sites is 1. The van der Waals surface area contributed by atoms with Crippen molar-refractivity contribution in [3.63, 3.8) is 0 Å². The summed E-state index contributed by atoms with van der Waals surface area (Å²) in [5.41, 5.74) is 3.67. The van der Waals surface area contributed by atoms with Gasteiger partial charge in [-0.1, -0.05) is 30.3 Å². The van der Waals surface area contributed by atoms with Crippen molar-refractivity contribution in [2.75, 3.05) is 48.4 Å². The van der Waals surface area contributed by atoms with E-state index in [4.69, 9.17) is 9.72 Å². The molecule has 2 heterocycles. The highest BCUT2D eigenvalue weighted by atomic mass is 16.5. The van der Waals surface area contributed by atoms with Gasteiger partial charge in [0, 0.05) is 50.2 Å². The standard InChI is InChI=1S/C23H27N5O/c1-18-6-5-8-20(16-18)27-12-14-28(15-13-27)22-10-11-24-23(26-22)25-17-19-7-3-4-9-21(19)29-2/h3-11,16H,12-15,17H2,1-2H3,(H,24,25,26). The van der Waals surface area contributed by atoms with Gasteiger partial charge in [0.2, 0.25) is 5.95 Å². The maximum absolute atomic E-state index is 5.41. The molecule has 0 radical (unpaired) electrons. The Morgan fingerprint density at radius 3 is 2.55 bits per heavy atom. The molecule has 1 aliphatic rings. The van der Waals surface area contributed by atoms with Crippen LogP contribution in [0.5, 0.6) is 5.75 Å². The number of ether oxygens (including phenoxy) is 1. The van der Waals surface area contributed by atoms with Gasteiger partial charge in [-0.3, -0.25) is 0 Å². The first kappa shape index (κ1) is 19.1. The van der Waals surface area contributed by atoms with Crippen molar-refractivity contribution < 1.29 is 4.74 Å². The lowest BCUT2D eigenvalue weighted by Gasteiger charge is -2.36. The van der Waals surface area contributed by atoms with Crippen LogP contribution in [0.1, 0.15) is 11.1 Å². The summed E-state index contributed by atoms with van der Waals surface area (Å²) in [6, 6.07) is 18.7. The zero-order valence-corrected chi connectivity index (χ0v) is 17.0. The molecular weight excluding hydrogens is 362 g/mol. The predicted molar refractivity (Wildman–Crippen MR) is 118 cm³/mol. The largest absolute Gasteiger partial charge is 0.496 e. The summed E-state index contributed by atoms with van der Waals surface area (Å²) in [6.07, 6.45) is 1.82. The third-order valence-corrected chi connectivity index (χ3v) is 5.24. The Morgan fingerprint density at radius 2 is 1.76 bits per heavy atom. The van der Waals surface area contributed by atoms with E-state index in [0.29, 0.717) is 12.5 Å². The van der Waals surface area contributed by atoms with E-state index in [2.05, 4.69) is 51.3 Å². The van der Waals surface area contributed by atoms with Gasteiger partial charge in [0.05, 0.1) is 7.11 Å². The van der Waals surface area contributed by atoms with Crippen LogP contribution >= 0.6 is 0 Å². The van der Waals surface area contributed by atoms with Gasteiger partial charge in [-0.2, -0.15) is 4.98 Å². The Hall–Kier alpha value is -3.28. The molecule has 2 aromatic carbocycles. The van der Waals surface area contributed by atoms with E-state index < -0.39 is 0 Å². The molecular formula is C23H27N5O. The maximum atomic E-state index is 5.41. The topological polar surface area (TPSA) is 53.5 Å². The molecule has 3 aromatic rings. The summed E-state index contributed by atoms with van der Waals surface area (Å²) in [4.78, 5) is 13.9. The molecule has 0 unspecified atom stereocenters. The molecule has 0 saturated carbocycles. The van der Waals surface area contributed by atoms with Gasteiger partial charge >= 0.3 is 0 Å². The molecule has 4 rings (SSSR count). The number of nitrogens with zero attached hydrogens (tertiary/aromatic N) is 4. The van der Waals surface area contributed by atoms with Crippen LogP contribution in [0.4, 0.5) is 17.5 Å². The summed E-state index contributed by atoms with van der Waals surface area (Å²) in [7, 11) is 1.69. The molecule has 1 aromatic heterocycles. The summed E-state index contributed by atoms with van der Waals surface area (Å²) in [6.45, 7) is 6.61. The van der Waals surface area contributed by atoms with Crippen LogP contribution < -0.4 is 19.9 Å². The number of aromatic nitrogens is 2. The predicted octanol–water partition coefficient (Wildman–Crippen LogP) is 3.73. The van der Waals surface area contributed by atoms with Crippen LogP contribution in [0, 0.1) is 6.92 Å². The monoisotopic (exact) mass is 389 g/mol. The minimum Gasteiger partial charge on any atom is -0.496 e. The minimum atomic E-state index is 0.620. The lowest BCUT2D eigenvalue weighted by molar-refractivity contribution is 0.410. The zero-order valence-electron chi connectivity index (χ0n) is 17.0. The number of rotatable bonds is 6. The van der Waals surface area contributed by atoms with E-state index >= 15 is 0 Å². The van der Waals surface area contributed by atoms with Gasteiger partial charge in [0.1, 0.15) is 11.6 Å². The smallest absolute Gasteiger partial charge is 0.224 e. The first-order valence-corrected chi connectivity index (χ1v) is 9.98. The SMILES string of the molecule is COc1ccccc1CNc1nccc(N2CCN(c3cccc(C)c3)CC2)n1. The van der Waals surface area contributed by atoms with Gasteiger partial charge in [-0.25, -0.2) is 4.98 Å². The summed E-state index contributed by atoms with van der Waals surface area (Å²) >= 11 is 0. The number of benzene rings is 2. The molecule has 0 spiro atoms. The second-order valence-electron chi connectivity index (χ2n) is 7.22. The fourth-order valence-electron chi connectivity index (χ4n) is 3.65. The number of hydrogen-bond acceptors (Lipinski definition) is 6. The Bertz CT molecular complexity index is 953. The van der Waals surface area contributed by atoms with Crippen molar-refractivity contribution >= 4 is 17.5 Å². The molecule has 1 aliphatic heterocycles. The van der Waals surface area contributed by atoms with Gasteiger partial charge in [-0.05, 0) is 36.8 Å². The van der Waals surface area contributed by atoms with E-state index in [1.165, 1.54) is 11.3 Å². The summed E-state index contributed by atoms with van der Waals surface area (Å²) < 4.78 is 5.41. The molecule has 0 aliphatic carbocycles. The molecule has 1 fully saturated rings. The van der Waals surface area contributed by atoms with Crippen LogP contribution in [0.3, 0.4) is 0 Å². The van der Waals surface area contributed by atoms with Crippen molar-refractivity contribution in [1.29, 1.82) is 0 Å². The average Bonchev–Trinajstić information content (AvgIpc) is 2.78. The highest BCUT2D eigenvalue weighted by Crippen LogP contribution is 2.21. The molecule has 29 heavy (non-hydrogen) atoms. The van der Waals surface area contributed by atoms with Crippen LogP contribution in [-0.4, -0.2) is 43.3 Å². The number of aryl methyl sites for hydroxylation is 1. The molecule has 1 saturated heterocycles. The van der Waals surface area contributed by atoms with Crippen LogP contribution in [0.15, 0.2) is 60.8 Å². The molecule has 6 heteroatoms. The lowest BCUT2D eigenvalue weighted by atomic mass is 10.2. The second kappa shape index (κ2) is 8.82. The third-order valence-electron chi connectivity index (χ3n) is 5.24. The first-order valence-electron chi connectivity index (χ1n) is 9.98. The van der Waals surface area contributed by atoms with Gasteiger partial charge in [-0.15, -0.1) is 0 Å². The first-order chi connectivity index (χ1) is 14.2. The number of nitrogens with one attached hydrogen (secondary N) is 1. The van der Waals surface area contributed by atoms with Crippen LogP contribution in [0.2, 0.25) is 0 Å². The number of piperazine rings is 1. The van der Waals surface area contributed by atoms with Crippen LogP contribution in [0.25, 0.3) is 0 Å². The normalized spacial score (nSPS) is 14.0. The maximum Gasteiger partial charge on any atom is 0.224 e. The Kier molecular flexibility index (Phi) is 5.79. The summed E-state index contributed by atoms with van der Waals surface area (Å²) in [5.74, 6) is 2.46. The summed E-state index contributed by atoms with van der Waals surface area (Å²) in [5, 5.41) is 3.32. The van der Waals surface area contributed by atoms with Crippen molar-refractivity contribution in [2.45, 2.75) is 13.5 Å². The molecule has 6 nitrogen and oxygen atoms in total. The van der Waals surface area contributed by atoms with Crippen molar-refractivity contribution in [3.05, 3.63) is 71.9 Å². The molecule has 150 valence electrons.